The molecule has 0 aliphatic heterocycles. The van der Waals surface area contributed by atoms with Crippen LogP contribution in [0.2, 0.25) is 0 Å². The van der Waals surface area contributed by atoms with Gasteiger partial charge in [0.25, 0.3) is 0 Å². The lowest BCUT2D eigenvalue weighted by Crippen LogP contribution is -2.11. The van der Waals surface area contributed by atoms with Crippen molar-refractivity contribution in [2.24, 2.45) is 0 Å². The van der Waals surface area contributed by atoms with E-state index >= 15 is 0 Å². The van der Waals surface area contributed by atoms with E-state index in [2.05, 4.69) is 12.6 Å². The molecule has 126 valence electrons. The highest BCUT2D eigenvalue weighted by Crippen LogP contribution is 2.26. The average molecular weight is 346 g/mol. The second-order valence-corrected chi connectivity index (χ2v) is 5.99. The summed E-state index contributed by atoms with van der Waals surface area (Å²) < 4.78 is 5.47. The van der Waals surface area contributed by atoms with E-state index in [4.69, 9.17) is 9.84 Å². The molecule has 0 saturated heterocycles. The van der Waals surface area contributed by atoms with Crippen molar-refractivity contribution >= 4 is 24.4 Å². The normalized spacial score (nSPS) is 11.7. The number of rotatable bonds is 8. The second kappa shape index (κ2) is 8.40. The standard InChI is InChI=1S/C18H18O5S/c19-16-10-13(23-9-8-14(24)11-17(20)21)6-7-15(16)18(22)12-4-2-1-3-5-12/h1-7,10,14,19,24H,8-9,11H2,(H,20,21). The minimum absolute atomic E-state index is 0.0394. The van der Waals surface area contributed by atoms with Crippen LogP contribution >= 0.6 is 12.6 Å². The van der Waals surface area contributed by atoms with Crippen LogP contribution in [0, 0.1) is 0 Å². The first kappa shape index (κ1) is 17.9. The highest BCUT2D eigenvalue weighted by atomic mass is 32.1. The lowest BCUT2D eigenvalue weighted by atomic mass is 10.0. The van der Waals surface area contributed by atoms with Crippen LogP contribution in [0.1, 0.15) is 28.8 Å². The van der Waals surface area contributed by atoms with E-state index in [0.29, 0.717) is 17.7 Å². The number of thiol groups is 1. The summed E-state index contributed by atoms with van der Waals surface area (Å²) in [6, 6.07) is 13.2. The molecule has 2 aromatic rings. The van der Waals surface area contributed by atoms with Gasteiger partial charge in [0.15, 0.2) is 5.78 Å². The predicted octanol–water partition coefficient (Wildman–Crippen LogP) is 3.17. The van der Waals surface area contributed by atoms with Gasteiger partial charge in [-0.2, -0.15) is 12.6 Å². The Kier molecular flexibility index (Phi) is 6.26. The van der Waals surface area contributed by atoms with Gasteiger partial charge < -0.3 is 14.9 Å². The summed E-state index contributed by atoms with van der Waals surface area (Å²) in [5.74, 6) is -0.921. The molecule has 24 heavy (non-hydrogen) atoms. The van der Waals surface area contributed by atoms with Gasteiger partial charge in [-0.15, -0.1) is 0 Å². The van der Waals surface area contributed by atoms with E-state index in [1.165, 1.54) is 12.1 Å². The van der Waals surface area contributed by atoms with E-state index in [0.717, 1.165) is 0 Å². The van der Waals surface area contributed by atoms with Crippen LogP contribution in [-0.2, 0) is 4.79 Å². The highest BCUT2D eigenvalue weighted by Gasteiger charge is 2.14. The third-order valence-electron chi connectivity index (χ3n) is 3.38. The lowest BCUT2D eigenvalue weighted by molar-refractivity contribution is -0.137. The zero-order chi connectivity index (χ0) is 17.5. The number of hydrogen-bond donors (Lipinski definition) is 3. The molecule has 0 radical (unpaired) electrons. The molecule has 0 spiro atoms. The molecule has 0 bridgehead atoms. The van der Waals surface area contributed by atoms with Crippen molar-refractivity contribution in [3.63, 3.8) is 0 Å². The molecule has 0 aromatic heterocycles. The number of aliphatic carboxylic acids is 1. The van der Waals surface area contributed by atoms with Crippen molar-refractivity contribution in [1.29, 1.82) is 0 Å². The quantitative estimate of drug-likeness (QED) is 0.505. The molecule has 0 aliphatic rings. The molecule has 2 rings (SSSR count). The van der Waals surface area contributed by atoms with Gasteiger partial charge in [-0.3, -0.25) is 9.59 Å². The fraction of sp³-hybridized carbons (Fsp3) is 0.222. The summed E-state index contributed by atoms with van der Waals surface area (Å²) in [6.07, 6.45) is 0.420. The number of hydrogen-bond acceptors (Lipinski definition) is 5. The van der Waals surface area contributed by atoms with Gasteiger partial charge >= 0.3 is 5.97 Å². The summed E-state index contributed by atoms with van der Waals surface area (Å²) in [5.41, 5.74) is 0.694. The number of carbonyl (C=O) groups is 2. The first-order valence-corrected chi connectivity index (χ1v) is 7.94. The van der Waals surface area contributed by atoms with Crippen molar-refractivity contribution in [2.45, 2.75) is 18.1 Å². The monoisotopic (exact) mass is 346 g/mol. The molecule has 6 heteroatoms. The fourth-order valence-corrected chi connectivity index (χ4v) is 2.42. The molecule has 0 amide bonds. The minimum atomic E-state index is -0.906. The van der Waals surface area contributed by atoms with Gasteiger partial charge in [-0.25, -0.2) is 0 Å². The zero-order valence-electron chi connectivity index (χ0n) is 12.9. The molecule has 1 atom stereocenters. The van der Waals surface area contributed by atoms with Gasteiger partial charge in [0.05, 0.1) is 18.6 Å². The van der Waals surface area contributed by atoms with Crippen LogP contribution < -0.4 is 4.74 Å². The van der Waals surface area contributed by atoms with E-state index in [9.17, 15) is 14.7 Å². The van der Waals surface area contributed by atoms with Crippen LogP contribution in [-0.4, -0.2) is 33.8 Å². The minimum Gasteiger partial charge on any atom is -0.507 e. The Morgan fingerprint density at radius 1 is 1.12 bits per heavy atom. The van der Waals surface area contributed by atoms with E-state index in [-0.39, 0.29) is 35.4 Å². The second-order valence-electron chi connectivity index (χ2n) is 5.26. The van der Waals surface area contributed by atoms with Crippen molar-refractivity contribution in [3.8, 4) is 11.5 Å². The molecule has 0 aliphatic carbocycles. The Morgan fingerprint density at radius 3 is 2.46 bits per heavy atom. The number of ether oxygens (including phenoxy) is 1. The number of benzene rings is 2. The van der Waals surface area contributed by atoms with Crippen LogP contribution in [0.5, 0.6) is 11.5 Å². The molecule has 2 N–H and O–H groups in total. The number of carboxylic acid groups (broad SMARTS) is 1. The van der Waals surface area contributed by atoms with E-state index in [1.54, 1.807) is 30.3 Å². The molecule has 0 fully saturated rings. The van der Waals surface area contributed by atoms with Gasteiger partial charge in [-0.1, -0.05) is 30.3 Å². The van der Waals surface area contributed by atoms with Gasteiger partial charge in [0, 0.05) is 16.9 Å². The molecular weight excluding hydrogens is 328 g/mol. The van der Waals surface area contributed by atoms with Crippen molar-refractivity contribution < 1.29 is 24.5 Å². The van der Waals surface area contributed by atoms with Gasteiger partial charge in [0.2, 0.25) is 0 Å². The third-order valence-corrected chi connectivity index (χ3v) is 3.82. The largest absolute Gasteiger partial charge is 0.507 e. The molecule has 0 heterocycles. The topological polar surface area (TPSA) is 83.8 Å². The van der Waals surface area contributed by atoms with Crippen molar-refractivity contribution in [2.75, 3.05) is 6.61 Å². The maximum atomic E-state index is 12.3. The summed E-state index contributed by atoms with van der Waals surface area (Å²) in [6.45, 7) is 0.271. The Hall–Kier alpha value is -2.47. The molecule has 1 unspecified atom stereocenters. The van der Waals surface area contributed by atoms with E-state index in [1.807, 2.05) is 6.07 Å². The zero-order valence-corrected chi connectivity index (χ0v) is 13.8. The lowest BCUT2D eigenvalue weighted by Gasteiger charge is -2.11. The number of ketones is 1. The molecule has 5 nitrogen and oxygen atoms in total. The molecule has 0 saturated carbocycles. The maximum absolute atomic E-state index is 12.3. The number of phenolic OH excluding ortho intramolecular Hbond substituents is 1. The summed E-state index contributed by atoms with van der Waals surface area (Å²) in [5, 5.41) is 18.4. The smallest absolute Gasteiger partial charge is 0.304 e. The Labute approximate surface area is 145 Å². The maximum Gasteiger partial charge on any atom is 0.304 e. The summed E-state index contributed by atoms with van der Waals surface area (Å²) in [4.78, 5) is 22.9. The molecule has 2 aromatic carbocycles. The predicted molar refractivity (Wildman–Crippen MR) is 93.1 cm³/mol. The Bertz CT molecular complexity index is 715. The third kappa shape index (κ3) is 5.03. The Balaban J connectivity index is 1.97. The fourth-order valence-electron chi connectivity index (χ4n) is 2.15. The summed E-state index contributed by atoms with van der Waals surface area (Å²) in [7, 11) is 0. The first-order chi connectivity index (χ1) is 11.5. The van der Waals surface area contributed by atoms with Crippen LogP contribution in [0.25, 0.3) is 0 Å². The SMILES string of the molecule is O=C(O)CC(S)CCOc1ccc(C(=O)c2ccccc2)c(O)c1. The number of phenols is 1. The van der Waals surface area contributed by atoms with Crippen LogP contribution in [0.4, 0.5) is 0 Å². The first-order valence-electron chi connectivity index (χ1n) is 7.43. The van der Waals surface area contributed by atoms with Gasteiger partial charge in [0.1, 0.15) is 11.5 Å². The van der Waals surface area contributed by atoms with Crippen molar-refractivity contribution in [1.82, 2.24) is 0 Å². The highest BCUT2D eigenvalue weighted by molar-refractivity contribution is 7.81. The summed E-state index contributed by atoms with van der Waals surface area (Å²) >= 11 is 4.16. The molecular formula is C18H18O5S. The number of carboxylic acids is 1. The van der Waals surface area contributed by atoms with Crippen molar-refractivity contribution in [3.05, 3.63) is 59.7 Å². The van der Waals surface area contributed by atoms with Gasteiger partial charge in [-0.05, 0) is 18.6 Å². The van der Waals surface area contributed by atoms with E-state index < -0.39 is 5.97 Å². The average Bonchev–Trinajstić information content (AvgIpc) is 2.54. The number of aromatic hydroxyl groups is 1. The number of carbonyl (C=O) groups excluding carboxylic acids is 1. The Morgan fingerprint density at radius 2 is 1.83 bits per heavy atom. The van der Waals surface area contributed by atoms with Crippen LogP contribution in [0.15, 0.2) is 48.5 Å². The van der Waals surface area contributed by atoms with Crippen LogP contribution in [0.3, 0.4) is 0 Å².